The third-order valence-electron chi connectivity index (χ3n) is 3.16. The van der Waals surface area contributed by atoms with Gasteiger partial charge in [-0.3, -0.25) is 4.98 Å². The van der Waals surface area contributed by atoms with Crippen LogP contribution in [0.5, 0.6) is 0 Å². The SMILES string of the molecule is COC(=O)c1cncc(N(C)CC2CCC2)n1. The lowest BCUT2D eigenvalue weighted by molar-refractivity contribution is 0.0593. The highest BCUT2D eigenvalue weighted by Crippen LogP contribution is 2.27. The molecule has 92 valence electrons. The molecule has 0 atom stereocenters. The molecule has 1 aliphatic rings. The van der Waals surface area contributed by atoms with Crippen LogP contribution in [0.25, 0.3) is 0 Å². The van der Waals surface area contributed by atoms with Gasteiger partial charge >= 0.3 is 5.97 Å². The second-order valence-electron chi connectivity index (χ2n) is 4.43. The number of nitrogens with zero attached hydrogens (tertiary/aromatic N) is 3. The predicted molar refractivity (Wildman–Crippen MR) is 64.0 cm³/mol. The van der Waals surface area contributed by atoms with E-state index in [1.54, 1.807) is 6.20 Å². The molecule has 17 heavy (non-hydrogen) atoms. The molecule has 5 nitrogen and oxygen atoms in total. The number of aromatic nitrogens is 2. The van der Waals surface area contributed by atoms with Gasteiger partial charge in [-0.2, -0.15) is 0 Å². The quantitative estimate of drug-likeness (QED) is 0.740. The molecular formula is C12H17N3O2. The van der Waals surface area contributed by atoms with Crippen LogP contribution in [-0.4, -0.2) is 36.6 Å². The van der Waals surface area contributed by atoms with Gasteiger partial charge in [0, 0.05) is 13.6 Å². The van der Waals surface area contributed by atoms with Crippen LogP contribution in [0.3, 0.4) is 0 Å². The van der Waals surface area contributed by atoms with Crippen molar-refractivity contribution in [2.75, 3.05) is 25.6 Å². The molecule has 0 unspecified atom stereocenters. The molecule has 1 saturated carbocycles. The lowest BCUT2D eigenvalue weighted by Crippen LogP contribution is -2.30. The highest BCUT2D eigenvalue weighted by Gasteiger charge is 2.20. The number of carbonyl (C=O) groups excluding carboxylic acids is 1. The van der Waals surface area contributed by atoms with Gasteiger partial charge in [0.2, 0.25) is 0 Å². The normalized spacial score (nSPS) is 15.2. The van der Waals surface area contributed by atoms with E-state index in [2.05, 4.69) is 14.7 Å². The molecular weight excluding hydrogens is 218 g/mol. The van der Waals surface area contributed by atoms with Gasteiger partial charge in [0.15, 0.2) is 5.69 Å². The van der Waals surface area contributed by atoms with Gasteiger partial charge in [0.25, 0.3) is 0 Å². The van der Waals surface area contributed by atoms with E-state index in [9.17, 15) is 4.79 Å². The molecule has 1 heterocycles. The zero-order valence-electron chi connectivity index (χ0n) is 10.2. The number of hydrogen-bond donors (Lipinski definition) is 0. The molecule has 5 heteroatoms. The Morgan fingerprint density at radius 2 is 2.29 bits per heavy atom. The second kappa shape index (κ2) is 5.12. The monoisotopic (exact) mass is 235 g/mol. The van der Waals surface area contributed by atoms with Crippen molar-refractivity contribution in [3.8, 4) is 0 Å². The average Bonchev–Trinajstić information content (AvgIpc) is 2.32. The molecule has 1 aliphatic carbocycles. The summed E-state index contributed by atoms with van der Waals surface area (Å²) >= 11 is 0. The molecule has 1 aromatic heterocycles. The Morgan fingerprint density at radius 1 is 1.53 bits per heavy atom. The Kier molecular flexibility index (Phi) is 3.56. The Balaban J connectivity index is 2.06. The van der Waals surface area contributed by atoms with Crippen molar-refractivity contribution in [2.45, 2.75) is 19.3 Å². The first kappa shape index (κ1) is 11.8. The molecule has 1 fully saturated rings. The van der Waals surface area contributed by atoms with Crippen LogP contribution in [0, 0.1) is 5.92 Å². The summed E-state index contributed by atoms with van der Waals surface area (Å²) in [6.45, 7) is 0.972. The fourth-order valence-corrected chi connectivity index (χ4v) is 1.90. The largest absolute Gasteiger partial charge is 0.464 e. The number of ether oxygens (including phenoxy) is 1. The van der Waals surface area contributed by atoms with Gasteiger partial charge in [-0.25, -0.2) is 9.78 Å². The van der Waals surface area contributed by atoms with E-state index in [4.69, 9.17) is 0 Å². The van der Waals surface area contributed by atoms with Crippen LogP contribution < -0.4 is 4.90 Å². The summed E-state index contributed by atoms with van der Waals surface area (Å²) in [5.41, 5.74) is 0.255. The number of anilines is 1. The summed E-state index contributed by atoms with van der Waals surface area (Å²) in [6.07, 6.45) is 6.99. The molecule has 0 aromatic carbocycles. The van der Waals surface area contributed by atoms with E-state index in [0.29, 0.717) is 0 Å². The number of hydrogen-bond acceptors (Lipinski definition) is 5. The average molecular weight is 235 g/mol. The zero-order chi connectivity index (χ0) is 12.3. The molecule has 0 bridgehead atoms. The second-order valence-corrected chi connectivity index (χ2v) is 4.43. The van der Waals surface area contributed by atoms with Gasteiger partial charge in [-0.15, -0.1) is 0 Å². The van der Waals surface area contributed by atoms with Gasteiger partial charge < -0.3 is 9.64 Å². The maximum atomic E-state index is 11.3. The van der Waals surface area contributed by atoms with Gasteiger partial charge in [-0.05, 0) is 18.8 Å². The first-order chi connectivity index (χ1) is 8.20. The van der Waals surface area contributed by atoms with Crippen molar-refractivity contribution < 1.29 is 9.53 Å². The summed E-state index contributed by atoms with van der Waals surface area (Å²) in [4.78, 5) is 21.6. The topological polar surface area (TPSA) is 55.3 Å². The molecule has 0 N–H and O–H groups in total. The van der Waals surface area contributed by atoms with Gasteiger partial charge in [0.05, 0.1) is 19.5 Å². The van der Waals surface area contributed by atoms with E-state index < -0.39 is 5.97 Å². The van der Waals surface area contributed by atoms with E-state index in [1.165, 1.54) is 32.6 Å². The van der Waals surface area contributed by atoms with Crippen molar-refractivity contribution in [3.05, 3.63) is 18.1 Å². The van der Waals surface area contributed by atoms with Crippen LogP contribution in [0.2, 0.25) is 0 Å². The summed E-state index contributed by atoms with van der Waals surface area (Å²) in [6, 6.07) is 0. The van der Waals surface area contributed by atoms with Crippen LogP contribution in [-0.2, 0) is 4.74 Å². The van der Waals surface area contributed by atoms with E-state index in [0.717, 1.165) is 18.3 Å². The minimum absolute atomic E-state index is 0.255. The van der Waals surface area contributed by atoms with Crippen molar-refractivity contribution in [1.29, 1.82) is 0 Å². The minimum atomic E-state index is -0.448. The summed E-state index contributed by atoms with van der Waals surface area (Å²) in [5, 5.41) is 0. The van der Waals surface area contributed by atoms with Crippen molar-refractivity contribution in [1.82, 2.24) is 9.97 Å². The molecule has 0 aliphatic heterocycles. The predicted octanol–water partition coefficient (Wildman–Crippen LogP) is 1.50. The van der Waals surface area contributed by atoms with E-state index in [1.807, 2.05) is 11.9 Å². The maximum Gasteiger partial charge on any atom is 0.358 e. The van der Waals surface area contributed by atoms with Crippen LogP contribution in [0.1, 0.15) is 29.8 Å². The first-order valence-electron chi connectivity index (χ1n) is 5.82. The number of carbonyl (C=O) groups is 1. The van der Waals surface area contributed by atoms with Crippen LogP contribution in [0.15, 0.2) is 12.4 Å². The number of methoxy groups -OCH3 is 1. The maximum absolute atomic E-state index is 11.3. The van der Waals surface area contributed by atoms with Crippen molar-refractivity contribution >= 4 is 11.8 Å². The molecule has 0 saturated heterocycles. The van der Waals surface area contributed by atoms with Crippen LogP contribution >= 0.6 is 0 Å². The van der Waals surface area contributed by atoms with E-state index in [-0.39, 0.29) is 5.69 Å². The van der Waals surface area contributed by atoms with E-state index >= 15 is 0 Å². The lowest BCUT2D eigenvalue weighted by Gasteiger charge is -2.30. The smallest absolute Gasteiger partial charge is 0.358 e. The zero-order valence-corrected chi connectivity index (χ0v) is 10.2. The minimum Gasteiger partial charge on any atom is -0.464 e. The number of rotatable bonds is 4. The van der Waals surface area contributed by atoms with Crippen molar-refractivity contribution in [2.24, 2.45) is 5.92 Å². The summed E-state index contributed by atoms with van der Waals surface area (Å²) < 4.78 is 4.62. The molecule has 0 spiro atoms. The fourth-order valence-electron chi connectivity index (χ4n) is 1.90. The highest BCUT2D eigenvalue weighted by molar-refractivity contribution is 5.87. The Hall–Kier alpha value is -1.65. The molecule has 2 rings (SSSR count). The Labute approximate surface area is 101 Å². The highest BCUT2D eigenvalue weighted by atomic mass is 16.5. The van der Waals surface area contributed by atoms with Gasteiger partial charge in [-0.1, -0.05) is 6.42 Å². The summed E-state index contributed by atoms with van der Waals surface area (Å²) in [7, 11) is 3.32. The van der Waals surface area contributed by atoms with Crippen molar-refractivity contribution in [3.63, 3.8) is 0 Å². The summed E-state index contributed by atoms with van der Waals surface area (Å²) in [5.74, 6) is 1.03. The van der Waals surface area contributed by atoms with Crippen LogP contribution in [0.4, 0.5) is 5.82 Å². The molecule has 0 amide bonds. The van der Waals surface area contributed by atoms with Gasteiger partial charge in [0.1, 0.15) is 5.82 Å². The molecule has 0 radical (unpaired) electrons. The third-order valence-corrected chi connectivity index (χ3v) is 3.16. The first-order valence-corrected chi connectivity index (χ1v) is 5.82. The fraction of sp³-hybridized carbons (Fsp3) is 0.583. The Morgan fingerprint density at radius 3 is 2.88 bits per heavy atom. The third kappa shape index (κ3) is 2.72. The Bertz CT molecular complexity index is 404. The standard InChI is InChI=1S/C12H17N3O2/c1-15(8-9-4-3-5-9)11-7-13-6-10(14-11)12(16)17-2/h6-7,9H,3-5,8H2,1-2H3. The lowest BCUT2D eigenvalue weighted by atomic mass is 9.85. The number of esters is 1. The molecule has 1 aromatic rings.